The Morgan fingerprint density at radius 1 is 1.16 bits per heavy atom. The van der Waals surface area contributed by atoms with Gasteiger partial charge in [0.1, 0.15) is 0 Å². The van der Waals surface area contributed by atoms with Crippen molar-refractivity contribution in [1.29, 1.82) is 0 Å². The molecule has 0 bridgehead atoms. The van der Waals surface area contributed by atoms with Crippen molar-refractivity contribution in [2.75, 3.05) is 59.7 Å². The molecule has 0 saturated carbocycles. The van der Waals surface area contributed by atoms with Crippen molar-refractivity contribution in [3.05, 3.63) is 23.8 Å². The summed E-state index contributed by atoms with van der Waals surface area (Å²) in [4.78, 5) is 7.30. The lowest BCUT2D eigenvalue weighted by Gasteiger charge is -2.39. The number of hydrogen-bond acceptors (Lipinski definition) is 5. The van der Waals surface area contributed by atoms with Crippen LogP contribution in [0.5, 0.6) is 11.5 Å². The molecular formula is C23H41IN4O3. The predicted molar refractivity (Wildman–Crippen MR) is 138 cm³/mol. The highest BCUT2D eigenvalue weighted by Crippen LogP contribution is 2.28. The average Bonchev–Trinajstić information content (AvgIpc) is 2.76. The molecule has 0 radical (unpaired) electrons. The summed E-state index contributed by atoms with van der Waals surface area (Å²) >= 11 is 0. The van der Waals surface area contributed by atoms with E-state index < -0.39 is 0 Å². The van der Waals surface area contributed by atoms with Gasteiger partial charge in [-0.05, 0) is 58.2 Å². The van der Waals surface area contributed by atoms with Gasteiger partial charge >= 0.3 is 0 Å². The molecule has 0 atom stereocenters. The molecule has 0 amide bonds. The Morgan fingerprint density at radius 2 is 1.90 bits per heavy atom. The number of methoxy groups -OCH3 is 1. The summed E-state index contributed by atoms with van der Waals surface area (Å²) in [6.07, 6.45) is 1.98. The number of rotatable bonds is 11. The third-order valence-corrected chi connectivity index (χ3v) is 5.30. The van der Waals surface area contributed by atoms with Gasteiger partial charge in [-0.25, -0.2) is 0 Å². The molecule has 0 unspecified atom stereocenters. The second kappa shape index (κ2) is 14.7. The van der Waals surface area contributed by atoms with Crippen molar-refractivity contribution in [3.63, 3.8) is 0 Å². The Labute approximate surface area is 205 Å². The maximum absolute atomic E-state index is 5.68. The van der Waals surface area contributed by atoms with Crippen LogP contribution in [0.25, 0.3) is 0 Å². The number of aryl methyl sites for hydroxylation is 1. The fourth-order valence-electron chi connectivity index (χ4n) is 3.53. The predicted octanol–water partition coefficient (Wildman–Crippen LogP) is 3.31. The molecule has 31 heavy (non-hydrogen) atoms. The number of guanidine groups is 1. The van der Waals surface area contributed by atoms with Crippen molar-refractivity contribution in [2.45, 2.75) is 46.1 Å². The minimum absolute atomic E-state index is 0. The van der Waals surface area contributed by atoms with E-state index in [0.717, 1.165) is 76.2 Å². The minimum atomic E-state index is 0. The fourth-order valence-corrected chi connectivity index (χ4v) is 3.53. The monoisotopic (exact) mass is 548 g/mol. The Hall–Kier alpha value is -1.26. The lowest BCUT2D eigenvalue weighted by atomic mass is 10.0. The number of aliphatic imine (C=N–C) groups is 1. The molecule has 1 fully saturated rings. The van der Waals surface area contributed by atoms with Crippen LogP contribution in [0, 0.1) is 0 Å². The van der Waals surface area contributed by atoms with Crippen LogP contribution in [0.2, 0.25) is 0 Å². The number of ether oxygens (including phenoxy) is 3. The molecule has 1 aliphatic heterocycles. The molecule has 0 spiro atoms. The van der Waals surface area contributed by atoms with Gasteiger partial charge in [-0.15, -0.1) is 24.0 Å². The lowest BCUT2D eigenvalue weighted by Crippen LogP contribution is -2.52. The van der Waals surface area contributed by atoms with Gasteiger partial charge in [0.2, 0.25) is 0 Å². The highest BCUT2D eigenvalue weighted by Gasteiger charge is 2.28. The first-order valence-electron chi connectivity index (χ1n) is 11.1. The third-order valence-electron chi connectivity index (χ3n) is 5.30. The largest absolute Gasteiger partial charge is 0.493 e. The fraction of sp³-hybridized carbons (Fsp3) is 0.696. The van der Waals surface area contributed by atoms with Gasteiger partial charge < -0.3 is 24.8 Å². The van der Waals surface area contributed by atoms with E-state index in [9.17, 15) is 0 Å². The smallest absolute Gasteiger partial charge is 0.191 e. The first-order chi connectivity index (χ1) is 14.5. The number of hydrogen-bond donors (Lipinski definition) is 2. The molecule has 0 aliphatic carbocycles. The average molecular weight is 549 g/mol. The summed E-state index contributed by atoms with van der Waals surface area (Å²) in [6, 6.07) is 6.16. The minimum Gasteiger partial charge on any atom is -0.493 e. The van der Waals surface area contributed by atoms with Gasteiger partial charge in [-0.3, -0.25) is 9.89 Å². The maximum Gasteiger partial charge on any atom is 0.191 e. The van der Waals surface area contributed by atoms with Gasteiger partial charge in [0, 0.05) is 31.7 Å². The highest BCUT2D eigenvalue weighted by molar-refractivity contribution is 14.0. The van der Waals surface area contributed by atoms with E-state index in [0.29, 0.717) is 6.61 Å². The van der Waals surface area contributed by atoms with Crippen LogP contribution in [0.4, 0.5) is 0 Å². The Morgan fingerprint density at radius 3 is 2.55 bits per heavy atom. The molecule has 1 heterocycles. The van der Waals surface area contributed by atoms with Crippen LogP contribution in [-0.2, 0) is 11.2 Å². The standard InChI is InChI=1S/C23H40N4O3.HI/c1-6-24-22(26-18-23(3,4)27-13-15-29-16-14-27)25-12-8-9-19-10-11-20(28-5)21(17-19)30-7-2;/h10-11,17H,6-9,12-16,18H2,1-5H3,(H2,24,25,26);1H. The van der Waals surface area contributed by atoms with Crippen LogP contribution < -0.4 is 20.1 Å². The van der Waals surface area contributed by atoms with Gasteiger partial charge in [-0.2, -0.15) is 0 Å². The summed E-state index contributed by atoms with van der Waals surface area (Å²) in [5.74, 6) is 2.47. The first kappa shape index (κ1) is 27.8. The second-order valence-corrected chi connectivity index (χ2v) is 8.06. The third kappa shape index (κ3) is 9.41. The molecule has 0 aromatic heterocycles. The zero-order chi connectivity index (χ0) is 21.8. The van der Waals surface area contributed by atoms with Crippen LogP contribution in [0.3, 0.4) is 0 Å². The van der Waals surface area contributed by atoms with Crippen molar-refractivity contribution < 1.29 is 14.2 Å². The van der Waals surface area contributed by atoms with Crippen molar-refractivity contribution in [3.8, 4) is 11.5 Å². The highest BCUT2D eigenvalue weighted by atomic mass is 127. The van der Waals surface area contributed by atoms with Crippen molar-refractivity contribution in [2.24, 2.45) is 4.99 Å². The molecule has 2 N–H and O–H groups in total. The van der Waals surface area contributed by atoms with Gasteiger partial charge in [0.05, 0.1) is 33.5 Å². The van der Waals surface area contributed by atoms with Crippen LogP contribution in [-0.4, -0.2) is 76.1 Å². The zero-order valence-electron chi connectivity index (χ0n) is 19.8. The summed E-state index contributed by atoms with van der Waals surface area (Å²) in [5, 5.41) is 6.83. The first-order valence-corrected chi connectivity index (χ1v) is 11.1. The SMILES string of the molecule is CCNC(=NCC(C)(C)N1CCOCC1)NCCCc1ccc(OC)c(OCC)c1.I. The second-order valence-electron chi connectivity index (χ2n) is 8.06. The van der Waals surface area contributed by atoms with Gasteiger partial charge in [0.25, 0.3) is 0 Å². The van der Waals surface area contributed by atoms with Crippen LogP contribution in [0.15, 0.2) is 23.2 Å². The summed E-state index contributed by atoms with van der Waals surface area (Å²) in [6.45, 7) is 15.2. The van der Waals surface area contributed by atoms with Crippen molar-refractivity contribution >= 4 is 29.9 Å². The molecule has 2 rings (SSSR count). The lowest BCUT2D eigenvalue weighted by molar-refractivity contribution is -0.00683. The molecule has 1 aromatic carbocycles. The van der Waals surface area contributed by atoms with Crippen LogP contribution >= 0.6 is 24.0 Å². The molecule has 7 nitrogen and oxygen atoms in total. The van der Waals surface area contributed by atoms with Crippen molar-refractivity contribution in [1.82, 2.24) is 15.5 Å². The molecule has 1 aliphatic rings. The Bertz CT molecular complexity index is 664. The van der Waals surface area contributed by atoms with E-state index in [1.165, 1.54) is 5.56 Å². The number of nitrogens with one attached hydrogen (secondary N) is 2. The summed E-state index contributed by atoms with van der Waals surface area (Å²) in [5.41, 5.74) is 1.27. The van der Waals surface area contributed by atoms with Gasteiger partial charge in [0.15, 0.2) is 17.5 Å². The Kier molecular flexibility index (Phi) is 13.2. The summed E-state index contributed by atoms with van der Waals surface area (Å²) < 4.78 is 16.5. The molecule has 1 saturated heterocycles. The van der Waals surface area contributed by atoms with E-state index in [4.69, 9.17) is 19.2 Å². The summed E-state index contributed by atoms with van der Waals surface area (Å²) in [7, 11) is 1.67. The zero-order valence-corrected chi connectivity index (χ0v) is 22.2. The number of benzene rings is 1. The molecule has 178 valence electrons. The Balaban J connectivity index is 0.00000480. The number of halogens is 1. The maximum atomic E-state index is 5.68. The quantitative estimate of drug-likeness (QED) is 0.192. The van der Waals surface area contributed by atoms with E-state index in [1.807, 2.05) is 13.0 Å². The molecule has 8 heteroatoms. The van der Waals surface area contributed by atoms with E-state index >= 15 is 0 Å². The normalized spacial score (nSPS) is 15.2. The topological polar surface area (TPSA) is 67.4 Å². The number of nitrogens with zero attached hydrogens (tertiary/aromatic N) is 2. The molecule has 1 aromatic rings. The molecular weight excluding hydrogens is 507 g/mol. The van der Waals surface area contributed by atoms with E-state index in [-0.39, 0.29) is 29.5 Å². The van der Waals surface area contributed by atoms with Crippen LogP contribution in [0.1, 0.15) is 39.7 Å². The number of morpholine rings is 1. The van der Waals surface area contributed by atoms with E-state index in [2.05, 4.69) is 48.4 Å². The van der Waals surface area contributed by atoms with Gasteiger partial charge in [-0.1, -0.05) is 6.07 Å². The van der Waals surface area contributed by atoms with E-state index in [1.54, 1.807) is 7.11 Å².